The fourth-order valence-corrected chi connectivity index (χ4v) is 4.45. The Morgan fingerprint density at radius 3 is 2.84 bits per heavy atom. The number of anilines is 1. The Balaban J connectivity index is 1.48. The van der Waals surface area contributed by atoms with E-state index in [1.165, 1.54) is 4.68 Å². The van der Waals surface area contributed by atoms with E-state index in [2.05, 4.69) is 17.3 Å². The number of aromatic nitrogens is 2. The van der Waals surface area contributed by atoms with Crippen LogP contribution in [0.1, 0.15) is 44.3 Å². The molecule has 0 bridgehead atoms. The number of likely N-dealkylation sites (tertiary alicyclic amines) is 1. The van der Waals surface area contributed by atoms with E-state index in [1.807, 2.05) is 17.9 Å². The molecule has 2 fully saturated rings. The van der Waals surface area contributed by atoms with Gasteiger partial charge in [0.2, 0.25) is 5.91 Å². The molecule has 1 aromatic rings. The van der Waals surface area contributed by atoms with Crippen molar-refractivity contribution < 1.29 is 13.6 Å². The Hall–Kier alpha value is -1.66. The monoisotopic (exact) mass is 352 g/mol. The van der Waals surface area contributed by atoms with Gasteiger partial charge in [-0.05, 0) is 44.4 Å². The van der Waals surface area contributed by atoms with Gasteiger partial charge in [-0.2, -0.15) is 5.10 Å². The van der Waals surface area contributed by atoms with Gasteiger partial charge in [-0.15, -0.1) is 0 Å². The van der Waals surface area contributed by atoms with Crippen molar-refractivity contribution in [2.45, 2.75) is 58.0 Å². The maximum atomic E-state index is 13.6. The molecule has 25 heavy (non-hydrogen) atoms. The van der Waals surface area contributed by atoms with Crippen LogP contribution in [0.2, 0.25) is 0 Å². The van der Waals surface area contributed by atoms with Crippen molar-refractivity contribution >= 4 is 11.7 Å². The fraction of sp³-hybridized carbons (Fsp3) is 0.778. The predicted octanol–water partition coefficient (Wildman–Crippen LogP) is 3.08. The van der Waals surface area contributed by atoms with Crippen molar-refractivity contribution in [2.75, 3.05) is 18.4 Å². The molecule has 3 aliphatic rings. The molecule has 2 aliphatic heterocycles. The van der Waals surface area contributed by atoms with Crippen molar-refractivity contribution in [1.82, 2.24) is 14.7 Å². The molecule has 1 N–H and O–H groups in total. The average Bonchev–Trinajstić information content (AvgIpc) is 3.19. The number of aryl methyl sites for hydroxylation is 1. The lowest BCUT2D eigenvalue weighted by Gasteiger charge is -2.41. The first-order chi connectivity index (χ1) is 11.9. The summed E-state index contributed by atoms with van der Waals surface area (Å²) in [7, 11) is 0. The summed E-state index contributed by atoms with van der Waals surface area (Å²) in [4.78, 5) is 14.5. The summed E-state index contributed by atoms with van der Waals surface area (Å²) in [5.74, 6) is 1.85. The summed E-state index contributed by atoms with van der Waals surface area (Å²) in [6.45, 7) is 5.43. The number of nitrogens with zero attached hydrogens (tertiary/aromatic N) is 3. The van der Waals surface area contributed by atoms with Crippen molar-refractivity contribution in [3.63, 3.8) is 0 Å². The summed E-state index contributed by atoms with van der Waals surface area (Å²) >= 11 is 0. The van der Waals surface area contributed by atoms with Gasteiger partial charge in [0.15, 0.2) is 0 Å². The van der Waals surface area contributed by atoms with Gasteiger partial charge in [0.25, 0.3) is 6.43 Å². The number of piperidine rings is 1. The van der Waals surface area contributed by atoms with Gasteiger partial charge in [-0.3, -0.25) is 4.79 Å². The molecule has 4 rings (SSSR count). The van der Waals surface area contributed by atoms with E-state index in [-0.39, 0.29) is 23.8 Å². The quantitative estimate of drug-likeness (QED) is 0.910. The van der Waals surface area contributed by atoms with Crippen molar-refractivity contribution in [1.29, 1.82) is 0 Å². The van der Waals surface area contributed by atoms with Crippen LogP contribution in [0.5, 0.6) is 0 Å². The summed E-state index contributed by atoms with van der Waals surface area (Å²) in [6.07, 6.45) is 0.848. The number of alkyl halides is 2. The van der Waals surface area contributed by atoms with E-state index in [4.69, 9.17) is 0 Å². The summed E-state index contributed by atoms with van der Waals surface area (Å²) in [6, 6.07) is 0.915. The second kappa shape index (κ2) is 6.25. The predicted molar refractivity (Wildman–Crippen MR) is 90.6 cm³/mol. The maximum absolute atomic E-state index is 13.6. The van der Waals surface area contributed by atoms with Gasteiger partial charge in [-0.1, -0.05) is 6.92 Å². The summed E-state index contributed by atoms with van der Waals surface area (Å²) in [5.41, 5.74) is 0.747. The molecule has 0 radical (unpaired) electrons. The molecule has 1 saturated carbocycles. The molecule has 3 unspecified atom stereocenters. The van der Waals surface area contributed by atoms with Crippen LogP contribution in [-0.2, 0) is 4.79 Å². The number of rotatable bonds is 3. The lowest BCUT2D eigenvalue weighted by Crippen LogP contribution is -2.48. The second-order valence-corrected chi connectivity index (χ2v) is 8.01. The molecule has 0 spiro atoms. The Labute approximate surface area is 146 Å². The number of fused-ring (bicyclic) bond motifs is 1. The molecule has 1 aromatic heterocycles. The highest BCUT2D eigenvalue weighted by atomic mass is 19.3. The molecule has 7 heteroatoms. The molecule has 1 amide bonds. The SMILES string of the molecule is Cc1cc2n(n1)[C@@H](C(F)F)C[C@@H](C1CCCN(C(=O)C3CC3C)C1)N2. The minimum atomic E-state index is -2.43. The third-order valence-corrected chi connectivity index (χ3v) is 6.06. The fourth-order valence-electron chi connectivity index (χ4n) is 4.45. The van der Waals surface area contributed by atoms with Crippen LogP contribution in [-0.4, -0.2) is 46.1 Å². The zero-order chi connectivity index (χ0) is 17.7. The van der Waals surface area contributed by atoms with Gasteiger partial charge < -0.3 is 10.2 Å². The summed E-state index contributed by atoms with van der Waals surface area (Å²) in [5, 5.41) is 7.64. The van der Waals surface area contributed by atoms with Crippen LogP contribution in [0.3, 0.4) is 0 Å². The van der Waals surface area contributed by atoms with Crippen LogP contribution < -0.4 is 5.32 Å². The molecule has 138 valence electrons. The first kappa shape index (κ1) is 16.8. The van der Waals surface area contributed by atoms with E-state index >= 15 is 0 Å². The highest BCUT2D eigenvalue weighted by molar-refractivity contribution is 5.81. The standard InChI is InChI=1S/C18H26F2N4O/c1-10-6-13(10)18(25)23-5-3-4-12(9-23)14-8-15(17(19)20)24-16(21-14)7-11(2)22-24/h7,10,12-15,17,21H,3-6,8-9H2,1-2H3/t10?,12?,13?,14-,15+/m0/s1. The minimum absolute atomic E-state index is 0.0326. The minimum Gasteiger partial charge on any atom is -0.367 e. The van der Waals surface area contributed by atoms with Gasteiger partial charge in [-0.25, -0.2) is 13.5 Å². The molecule has 5 nitrogen and oxygen atoms in total. The number of carbonyl (C=O) groups is 1. The van der Waals surface area contributed by atoms with Crippen molar-refractivity contribution in [3.8, 4) is 0 Å². The maximum Gasteiger partial charge on any atom is 0.260 e. The number of nitrogens with one attached hydrogen (secondary N) is 1. The van der Waals surface area contributed by atoms with Gasteiger partial charge in [0.1, 0.15) is 11.9 Å². The summed E-state index contributed by atoms with van der Waals surface area (Å²) < 4.78 is 28.6. The largest absolute Gasteiger partial charge is 0.367 e. The molecule has 1 aliphatic carbocycles. The van der Waals surface area contributed by atoms with Crippen molar-refractivity contribution in [3.05, 3.63) is 11.8 Å². The zero-order valence-corrected chi connectivity index (χ0v) is 14.8. The van der Waals surface area contributed by atoms with Crippen LogP contribution >= 0.6 is 0 Å². The first-order valence-corrected chi connectivity index (χ1v) is 9.33. The van der Waals surface area contributed by atoms with Gasteiger partial charge >= 0.3 is 0 Å². The Morgan fingerprint density at radius 2 is 2.16 bits per heavy atom. The lowest BCUT2D eigenvalue weighted by molar-refractivity contribution is -0.134. The smallest absolute Gasteiger partial charge is 0.260 e. The molecular formula is C18H26F2N4O. The second-order valence-electron chi connectivity index (χ2n) is 8.01. The highest BCUT2D eigenvalue weighted by Crippen LogP contribution is 2.41. The average molecular weight is 352 g/mol. The zero-order valence-electron chi connectivity index (χ0n) is 14.8. The van der Waals surface area contributed by atoms with Crippen LogP contribution in [0.4, 0.5) is 14.6 Å². The number of halogens is 2. The van der Waals surface area contributed by atoms with Crippen LogP contribution in [0.15, 0.2) is 6.07 Å². The van der Waals surface area contributed by atoms with Gasteiger partial charge in [0.05, 0.1) is 5.69 Å². The Kier molecular flexibility index (Phi) is 4.20. The van der Waals surface area contributed by atoms with Crippen LogP contribution in [0, 0.1) is 24.7 Å². The molecule has 3 heterocycles. The molecule has 1 saturated heterocycles. The highest BCUT2D eigenvalue weighted by Gasteiger charge is 2.44. The Bertz CT molecular complexity index is 662. The van der Waals surface area contributed by atoms with E-state index < -0.39 is 12.5 Å². The molecule has 5 atom stereocenters. The topological polar surface area (TPSA) is 50.2 Å². The third-order valence-electron chi connectivity index (χ3n) is 6.06. The van der Waals surface area contributed by atoms with E-state index in [0.717, 1.165) is 31.5 Å². The van der Waals surface area contributed by atoms with E-state index in [1.54, 1.807) is 0 Å². The number of hydrogen-bond donors (Lipinski definition) is 1. The third kappa shape index (κ3) is 3.13. The van der Waals surface area contributed by atoms with Crippen LogP contribution in [0.25, 0.3) is 0 Å². The molecule has 0 aromatic carbocycles. The normalized spacial score (nSPS) is 34.6. The lowest BCUT2D eigenvalue weighted by atomic mass is 9.85. The van der Waals surface area contributed by atoms with Gasteiger partial charge in [0, 0.05) is 31.1 Å². The Morgan fingerprint density at radius 1 is 1.40 bits per heavy atom. The molecular weight excluding hydrogens is 326 g/mol. The number of carbonyl (C=O) groups excluding carboxylic acids is 1. The van der Waals surface area contributed by atoms with Crippen molar-refractivity contribution in [2.24, 2.45) is 17.8 Å². The number of hydrogen-bond acceptors (Lipinski definition) is 3. The number of amides is 1. The first-order valence-electron chi connectivity index (χ1n) is 9.33. The van der Waals surface area contributed by atoms with E-state index in [0.29, 0.717) is 24.7 Å². The van der Waals surface area contributed by atoms with E-state index in [9.17, 15) is 13.6 Å².